The molecule has 110 valence electrons. The Morgan fingerprint density at radius 3 is 2.62 bits per heavy atom. The summed E-state index contributed by atoms with van der Waals surface area (Å²) in [7, 11) is 0. The Hall–Kier alpha value is -1.56. The number of aryl methyl sites for hydroxylation is 1. The van der Waals surface area contributed by atoms with Gasteiger partial charge >= 0.3 is 0 Å². The first kappa shape index (κ1) is 14.4. The average molecular weight is 278 g/mol. The smallest absolute Gasteiger partial charge is 0.00517 e. The van der Waals surface area contributed by atoms with Gasteiger partial charge in [0.15, 0.2) is 0 Å². The summed E-state index contributed by atoms with van der Waals surface area (Å²) < 4.78 is 0. The molecule has 0 aromatic heterocycles. The van der Waals surface area contributed by atoms with Crippen LogP contribution in [0.1, 0.15) is 57.1 Å². The SMILES string of the molecule is CCCCc1ccc(C2=CC3=C(C2)CC(CC)C=C3)cc1. The van der Waals surface area contributed by atoms with Crippen molar-refractivity contribution in [2.24, 2.45) is 5.92 Å². The van der Waals surface area contributed by atoms with Crippen LogP contribution in [0.3, 0.4) is 0 Å². The second kappa shape index (κ2) is 6.47. The molecule has 0 amide bonds. The molecule has 0 saturated carbocycles. The molecule has 0 heteroatoms. The van der Waals surface area contributed by atoms with Gasteiger partial charge in [0.05, 0.1) is 0 Å². The monoisotopic (exact) mass is 278 g/mol. The number of unbranched alkanes of at least 4 members (excludes halogenated alkanes) is 1. The quantitative estimate of drug-likeness (QED) is 0.610. The predicted octanol–water partition coefficient (Wildman–Crippen LogP) is 6.10. The van der Waals surface area contributed by atoms with E-state index in [9.17, 15) is 0 Å². The molecular formula is C21H26. The summed E-state index contributed by atoms with van der Waals surface area (Å²) in [5.41, 5.74) is 7.51. The summed E-state index contributed by atoms with van der Waals surface area (Å²) >= 11 is 0. The van der Waals surface area contributed by atoms with Gasteiger partial charge in [-0.3, -0.25) is 0 Å². The first-order valence-corrected chi connectivity index (χ1v) is 8.50. The molecule has 21 heavy (non-hydrogen) atoms. The predicted molar refractivity (Wildman–Crippen MR) is 92.2 cm³/mol. The highest BCUT2D eigenvalue weighted by Gasteiger charge is 2.20. The maximum Gasteiger partial charge on any atom is -0.00517 e. The maximum absolute atomic E-state index is 2.40. The summed E-state index contributed by atoms with van der Waals surface area (Å²) in [5.74, 6) is 0.757. The largest absolute Gasteiger partial charge is 0.0805 e. The number of allylic oxidation sites excluding steroid dienone is 6. The zero-order valence-corrected chi connectivity index (χ0v) is 13.4. The maximum atomic E-state index is 2.40. The van der Waals surface area contributed by atoms with E-state index < -0.39 is 0 Å². The average Bonchev–Trinajstić information content (AvgIpc) is 2.96. The fraction of sp³-hybridized carbons (Fsp3) is 0.429. The molecule has 1 aromatic rings. The Kier molecular flexibility index (Phi) is 4.43. The van der Waals surface area contributed by atoms with Crippen molar-refractivity contribution in [1.29, 1.82) is 0 Å². The van der Waals surface area contributed by atoms with Gasteiger partial charge < -0.3 is 0 Å². The highest BCUT2D eigenvalue weighted by Crippen LogP contribution is 2.39. The van der Waals surface area contributed by atoms with Crippen molar-refractivity contribution in [3.8, 4) is 0 Å². The van der Waals surface area contributed by atoms with E-state index in [0.717, 1.165) is 12.3 Å². The Morgan fingerprint density at radius 2 is 1.90 bits per heavy atom. The van der Waals surface area contributed by atoms with Crippen LogP contribution < -0.4 is 0 Å². The van der Waals surface area contributed by atoms with E-state index in [1.165, 1.54) is 54.4 Å². The Morgan fingerprint density at radius 1 is 1.10 bits per heavy atom. The van der Waals surface area contributed by atoms with Crippen molar-refractivity contribution >= 4 is 5.57 Å². The summed E-state index contributed by atoms with van der Waals surface area (Å²) in [6.07, 6.45) is 14.6. The lowest BCUT2D eigenvalue weighted by Crippen LogP contribution is -2.01. The lowest BCUT2D eigenvalue weighted by molar-refractivity contribution is 0.608. The van der Waals surface area contributed by atoms with Gasteiger partial charge in [-0.2, -0.15) is 0 Å². The molecule has 0 aliphatic heterocycles. The van der Waals surface area contributed by atoms with Crippen LogP contribution in [0.25, 0.3) is 5.57 Å². The van der Waals surface area contributed by atoms with Crippen LogP contribution in [0.4, 0.5) is 0 Å². The third kappa shape index (κ3) is 3.20. The molecule has 0 bridgehead atoms. The second-order valence-corrected chi connectivity index (χ2v) is 6.44. The van der Waals surface area contributed by atoms with Gasteiger partial charge in [0.1, 0.15) is 0 Å². The third-order valence-electron chi connectivity index (χ3n) is 4.87. The molecule has 0 nitrogen and oxygen atoms in total. The number of benzene rings is 1. The standard InChI is InChI=1S/C21H26/c1-3-5-6-17-8-10-18(11-9-17)21-14-19-12-7-16(4-2)13-20(19)15-21/h7-12,14,16H,3-6,13,15H2,1-2H3. The van der Waals surface area contributed by atoms with Crippen LogP contribution in [0.5, 0.6) is 0 Å². The number of hydrogen-bond donors (Lipinski definition) is 0. The fourth-order valence-electron chi connectivity index (χ4n) is 3.39. The first-order valence-electron chi connectivity index (χ1n) is 8.50. The Bertz CT molecular complexity index is 581. The van der Waals surface area contributed by atoms with Crippen LogP contribution in [0.15, 0.2) is 53.6 Å². The van der Waals surface area contributed by atoms with Crippen LogP contribution in [0.2, 0.25) is 0 Å². The molecule has 0 saturated heterocycles. The Labute approximate surface area is 129 Å². The van der Waals surface area contributed by atoms with E-state index in [1.807, 2.05) is 0 Å². The fourth-order valence-corrected chi connectivity index (χ4v) is 3.39. The summed E-state index contributed by atoms with van der Waals surface area (Å²) in [6, 6.07) is 9.26. The Balaban J connectivity index is 1.69. The molecule has 1 aromatic carbocycles. The van der Waals surface area contributed by atoms with E-state index in [-0.39, 0.29) is 0 Å². The van der Waals surface area contributed by atoms with Gasteiger partial charge in [-0.05, 0) is 60.3 Å². The van der Waals surface area contributed by atoms with Crippen LogP contribution >= 0.6 is 0 Å². The minimum atomic E-state index is 0.757. The van der Waals surface area contributed by atoms with E-state index in [2.05, 4.69) is 56.3 Å². The van der Waals surface area contributed by atoms with Crippen molar-refractivity contribution in [3.05, 3.63) is 64.8 Å². The molecule has 0 N–H and O–H groups in total. The minimum Gasteiger partial charge on any atom is -0.0805 e. The molecule has 0 spiro atoms. The van der Waals surface area contributed by atoms with Gasteiger partial charge in [-0.15, -0.1) is 0 Å². The molecule has 2 aliphatic carbocycles. The minimum absolute atomic E-state index is 0.757. The van der Waals surface area contributed by atoms with Crippen molar-refractivity contribution in [2.45, 2.75) is 52.4 Å². The summed E-state index contributed by atoms with van der Waals surface area (Å²) in [4.78, 5) is 0. The van der Waals surface area contributed by atoms with Gasteiger partial charge in [0.2, 0.25) is 0 Å². The molecule has 0 fully saturated rings. The molecule has 3 rings (SSSR count). The summed E-state index contributed by atoms with van der Waals surface area (Å²) in [6.45, 7) is 4.55. The number of hydrogen-bond acceptors (Lipinski definition) is 0. The second-order valence-electron chi connectivity index (χ2n) is 6.44. The molecular weight excluding hydrogens is 252 g/mol. The highest BCUT2D eigenvalue weighted by molar-refractivity contribution is 5.76. The van der Waals surface area contributed by atoms with Gasteiger partial charge in [0, 0.05) is 0 Å². The molecule has 1 atom stereocenters. The lowest BCUT2D eigenvalue weighted by atomic mass is 9.88. The van der Waals surface area contributed by atoms with E-state index >= 15 is 0 Å². The van der Waals surface area contributed by atoms with E-state index in [0.29, 0.717) is 0 Å². The zero-order valence-electron chi connectivity index (χ0n) is 13.4. The molecule has 0 heterocycles. The topological polar surface area (TPSA) is 0 Å². The van der Waals surface area contributed by atoms with E-state index in [4.69, 9.17) is 0 Å². The van der Waals surface area contributed by atoms with Crippen molar-refractivity contribution in [2.75, 3.05) is 0 Å². The molecule has 0 radical (unpaired) electrons. The zero-order chi connectivity index (χ0) is 14.7. The van der Waals surface area contributed by atoms with Crippen LogP contribution in [-0.4, -0.2) is 0 Å². The van der Waals surface area contributed by atoms with Crippen LogP contribution in [-0.2, 0) is 6.42 Å². The van der Waals surface area contributed by atoms with Crippen molar-refractivity contribution in [1.82, 2.24) is 0 Å². The lowest BCUT2D eigenvalue weighted by Gasteiger charge is -2.17. The number of rotatable bonds is 5. The van der Waals surface area contributed by atoms with Gasteiger partial charge in [-0.1, -0.05) is 68.3 Å². The normalized spacial score (nSPS) is 20.7. The van der Waals surface area contributed by atoms with E-state index in [1.54, 1.807) is 5.57 Å². The van der Waals surface area contributed by atoms with Crippen molar-refractivity contribution in [3.63, 3.8) is 0 Å². The van der Waals surface area contributed by atoms with Crippen LogP contribution in [0, 0.1) is 5.92 Å². The van der Waals surface area contributed by atoms with Gasteiger partial charge in [0.25, 0.3) is 0 Å². The molecule has 1 unspecified atom stereocenters. The van der Waals surface area contributed by atoms with Gasteiger partial charge in [-0.25, -0.2) is 0 Å². The summed E-state index contributed by atoms with van der Waals surface area (Å²) in [5, 5.41) is 0. The highest BCUT2D eigenvalue weighted by atomic mass is 14.3. The van der Waals surface area contributed by atoms with Crippen molar-refractivity contribution < 1.29 is 0 Å². The first-order chi connectivity index (χ1) is 10.3. The third-order valence-corrected chi connectivity index (χ3v) is 4.87. The molecule has 2 aliphatic rings.